The minimum atomic E-state index is 0.467. The molecule has 0 saturated carbocycles. The van der Waals surface area contributed by atoms with E-state index in [0.717, 1.165) is 11.8 Å². The van der Waals surface area contributed by atoms with Crippen LogP contribution in [-0.2, 0) is 11.4 Å². The van der Waals surface area contributed by atoms with Crippen LogP contribution in [0.25, 0.3) is 0 Å². The second-order valence-electron chi connectivity index (χ2n) is 3.31. The van der Waals surface area contributed by atoms with E-state index in [1.54, 1.807) is 13.2 Å². The van der Waals surface area contributed by atoms with Crippen LogP contribution < -0.4 is 15.0 Å². The third-order valence-electron chi connectivity index (χ3n) is 2.33. The number of nitrogens with one attached hydrogen (secondary N) is 1. The molecule has 2 rings (SSSR count). The molecule has 16 heavy (non-hydrogen) atoms. The summed E-state index contributed by atoms with van der Waals surface area (Å²) in [5.74, 6) is 1.15. The Labute approximate surface area is 93.3 Å². The normalized spacial score (nSPS) is 13.6. The molecule has 0 amide bonds. The fraction of sp³-hybridized carbons (Fsp3) is 0.364. The van der Waals surface area contributed by atoms with Crippen LogP contribution in [0.5, 0.6) is 11.5 Å². The molecule has 0 saturated heterocycles. The van der Waals surface area contributed by atoms with Crippen molar-refractivity contribution in [1.82, 2.24) is 5.48 Å². The molecule has 0 unspecified atom stereocenters. The molecule has 0 aliphatic carbocycles. The van der Waals surface area contributed by atoms with Crippen LogP contribution in [0.2, 0.25) is 0 Å². The van der Waals surface area contributed by atoms with Gasteiger partial charge in [-0.05, 0) is 6.07 Å². The number of fused-ring (bicyclic) bond motifs is 1. The van der Waals surface area contributed by atoms with Gasteiger partial charge in [-0.25, -0.2) is 0 Å². The van der Waals surface area contributed by atoms with Crippen molar-refractivity contribution in [2.45, 2.75) is 6.54 Å². The zero-order valence-electron chi connectivity index (χ0n) is 8.99. The maximum atomic E-state index is 10.8. The van der Waals surface area contributed by atoms with Gasteiger partial charge in [0, 0.05) is 12.1 Å². The van der Waals surface area contributed by atoms with Crippen molar-refractivity contribution < 1.29 is 19.1 Å². The first-order chi connectivity index (χ1) is 7.86. The minimum Gasteiger partial charge on any atom is -0.486 e. The van der Waals surface area contributed by atoms with Crippen LogP contribution in [0.3, 0.4) is 0 Å². The average Bonchev–Trinajstić information content (AvgIpc) is 2.36. The number of carbonyl (C=O) groups excluding carboxylic acids is 1. The first-order valence-corrected chi connectivity index (χ1v) is 4.99. The number of carbonyl (C=O) groups is 1. The lowest BCUT2D eigenvalue weighted by atomic mass is 10.1. The van der Waals surface area contributed by atoms with Gasteiger partial charge in [-0.2, -0.15) is 5.48 Å². The molecule has 5 nitrogen and oxygen atoms in total. The zero-order valence-corrected chi connectivity index (χ0v) is 8.99. The van der Waals surface area contributed by atoms with E-state index in [0.29, 0.717) is 36.8 Å². The number of hydrogen-bond donors (Lipinski definition) is 1. The summed E-state index contributed by atoms with van der Waals surface area (Å²) in [5, 5.41) is 0. The summed E-state index contributed by atoms with van der Waals surface area (Å²) in [6.45, 7) is 1.46. The Morgan fingerprint density at radius 3 is 2.81 bits per heavy atom. The average molecular weight is 223 g/mol. The van der Waals surface area contributed by atoms with Crippen molar-refractivity contribution >= 4 is 6.29 Å². The quantitative estimate of drug-likeness (QED) is 0.607. The summed E-state index contributed by atoms with van der Waals surface area (Å²) in [6, 6.07) is 3.54. The van der Waals surface area contributed by atoms with Crippen molar-refractivity contribution in [3.63, 3.8) is 0 Å². The van der Waals surface area contributed by atoms with E-state index in [2.05, 4.69) is 5.48 Å². The van der Waals surface area contributed by atoms with Gasteiger partial charge in [0.1, 0.15) is 13.2 Å². The Morgan fingerprint density at radius 1 is 1.38 bits per heavy atom. The number of benzene rings is 1. The Balaban J connectivity index is 2.36. The summed E-state index contributed by atoms with van der Waals surface area (Å²) in [7, 11) is 1.55. The predicted octanol–water partition coefficient (Wildman–Crippen LogP) is 0.921. The number of aldehydes is 1. The fourth-order valence-electron chi connectivity index (χ4n) is 1.60. The molecule has 1 heterocycles. The number of ether oxygens (including phenoxy) is 2. The maximum Gasteiger partial charge on any atom is 0.172 e. The van der Waals surface area contributed by atoms with Gasteiger partial charge in [0.2, 0.25) is 0 Å². The number of hydrogen-bond acceptors (Lipinski definition) is 5. The first kappa shape index (κ1) is 10.9. The molecule has 0 bridgehead atoms. The highest BCUT2D eigenvalue weighted by Crippen LogP contribution is 2.36. The topological polar surface area (TPSA) is 56.8 Å². The molecular weight excluding hydrogens is 210 g/mol. The molecule has 0 radical (unpaired) electrons. The van der Waals surface area contributed by atoms with Crippen LogP contribution >= 0.6 is 0 Å². The Kier molecular flexibility index (Phi) is 3.38. The molecule has 1 aromatic carbocycles. The van der Waals surface area contributed by atoms with E-state index < -0.39 is 0 Å². The smallest absolute Gasteiger partial charge is 0.172 e. The van der Waals surface area contributed by atoms with Crippen molar-refractivity contribution in [2.75, 3.05) is 20.3 Å². The molecule has 86 valence electrons. The van der Waals surface area contributed by atoms with Gasteiger partial charge in [-0.1, -0.05) is 6.07 Å². The molecule has 0 spiro atoms. The van der Waals surface area contributed by atoms with Crippen molar-refractivity contribution in [3.8, 4) is 11.5 Å². The lowest BCUT2D eigenvalue weighted by Gasteiger charge is -2.22. The molecule has 5 heteroatoms. The highest BCUT2D eigenvalue weighted by Gasteiger charge is 2.19. The van der Waals surface area contributed by atoms with Crippen LogP contribution in [0.4, 0.5) is 0 Å². The van der Waals surface area contributed by atoms with Crippen molar-refractivity contribution in [2.24, 2.45) is 0 Å². The number of rotatable bonds is 4. The van der Waals surface area contributed by atoms with Gasteiger partial charge < -0.3 is 14.3 Å². The van der Waals surface area contributed by atoms with E-state index >= 15 is 0 Å². The SMILES string of the molecule is CONCc1ccc(C=O)c2c1OCCO2. The van der Waals surface area contributed by atoms with Gasteiger partial charge in [-0.15, -0.1) is 0 Å². The largest absolute Gasteiger partial charge is 0.486 e. The van der Waals surface area contributed by atoms with Crippen LogP contribution in [-0.4, -0.2) is 26.6 Å². The standard InChI is InChI=1S/C11H13NO4/c1-14-12-6-8-2-3-9(7-13)11-10(8)15-4-5-16-11/h2-3,7,12H,4-6H2,1H3. The van der Waals surface area contributed by atoms with E-state index in [-0.39, 0.29) is 0 Å². The summed E-state index contributed by atoms with van der Waals surface area (Å²) >= 11 is 0. The molecule has 1 N–H and O–H groups in total. The first-order valence-electron chi connectivity index (χ1n) is 4.99. The summed E-state index contributed by atoms with van der Waals surface area (Å²) in [6.07, 6.45) is 0.765. The summed E-state index contributed by atoms with van der Waals surface area (Å²) in [4.78, 5) is 15.6. The summed E-state index contributed by atoms with van der Waals surface area (Å²) < 4.78 is 11.0. The molecule has 1 aromatic rings. The molecule has 0 aromatic heterocycles. The molecular formula is C11H13NO4. The highest BCUT2D eigenvalue weighted by atomic mass is 16.6. The van der Waals surface area contributed by atoms with E-state index in [9.17, 15) is 4.79 Å². The molecule has 1 aliphatic heterocycles. The lowest BCUT2D eigenvalue weighted by molar-refractivity contribution is 0.0848. The van der Waals surface area contributed by atoms with Crippen LogP contribution in [0.15, 0.2) is 12.1 Å². The molecule has 1 aliphatic rings. The second-order valence-corrected chi connectivity index (χ2v) is 3.31. The zero-order chi connectivity index (χ0) is 11.4. The van der Waals surface area contributed by atoms with Gasteiger partial charge in [0.15, 0.2) is 17.8 Å². The Hall–Kier alpha value is -1.59. The van der Waals surface area contributed by atoms with Crippen LogP contribution in [0.1, 0.15) is 15.9 Å². The second kappa shape index (κ2) is 4.96. The number of hydroxylamine groups is 1. The fourth-order valence-corrected chi connectivity index (χ4v) is 1.60. The monoisotopic (exact) mass is 223 g/mol. The Bertz CT molecular complexity index is 392. The van der Waals surface area contributed by atoms with Gasteiger partial charge >= 0.3 is 0 Å². The van der Waals surface area contributed by atoms with E-state index in [4.69, 9.17) is 14.3 Å². The Morgan fingerprint density at radius 2 is 2.12 bits per heavy atom. The highest BCUT2D eigenvalue weighted by molar-refractivity contribution is 5.82. The van der Waals surface area contributed by atoms with Crippen molar-refractivity contribution in [1.29, 1.82) is 0 Å². The molecule has 0 fully saturated rings. The van der Waals surface area contributed by atoms with Crippen LogP contribution in [0, 0.1) is 0 Å². The lowest BCUT2D eigenvalue weighted by Crippen LogP contribution is -2.20. The third kappa shape index (κ3) is 2.00. The predicted molar refractivity (Wildman–Crippen MR) is 56.7 cm³/mol. The third-order valence-corrected chi connectivity index (χ3v) is 2.33. The maximum absolute atomic E-state index is 10.8. The van der Waals surface area contributed by atoms with Gasteiger partial charge in [0.05, 0.1) is 12.7 Å². The van der Waals surface area contributed by atoms with E-state index in [1.807, 2.05) is 6.07 Å². The molecule has 0 atom stereocenters. The van der Waals surface area contributed by atoms with Gasteiger partial charge in [0.25, 0.3) is 0 Å². The van der Waals surface area contributed by atoms with Crippen molar-refractivity contribution in [3.05, 3.63) is 23.3 Å². The summed E-state index contributed by atoms with van der Waals surface area (Å²) in [5.41, 5.74) is 4.14. The van der Waals surface area contributed by atoms with E-state index in [1.165, 1.54) is 0 Å². The van der Waals surface area contributed by atoms with Gasteiger partial charge in [-0.3, -0.25) is 4.79 Å². The minimum absolute atomic E-state index is 0.467.